The highest BCUT2D eigenvalue weighted by atomic mass is 35.5. The lowest BCUT2D eigenvalue weighted by atomic mass is 10.0. The van der Waals surface area contributed by atoms with Crippen molar-refractivity contribution in [1.29, 1.82) is 5.26 Å². The van der Waals surface area contributed by atoms with Gasteiger partial charge in [0.1, 0.15) is 11.5 Å². The number of aliphatic hydroxyl groups is 1. The van der Waals surface area contributed by atoms with Gasteiger partial charge >= 0.3 is 0 Å². The van der Waals surface area contributed by atoms with Gasteiger partial charge in [-0.05, 0) is 73.9 Å². The van der Waals surface area contributed by atoms with Gasteiger partial charge in [-0.1, -0.05) is 47.5 Å². The molecule has 39 heavy (non-hydrogen) atoms. The molecule has 2 atom stereocenters. The van der Waals surface area contributed by atoms with Crippen LogP contribution in [0.15, 0.2) is 77.2 Å². The number of nitriles is 1. The zero-order valence-corrected chi connectivity index (χ0v) is 22.6. The van der Waals surface area contributed by atoms with Crippen molar-refractivity contribution in [3.8, 4) is 17.4 Å². The van der Waals surface area contributed by atoms with Crippen LogP contribution in [0, 0.1) is 18.3 Å². The third-order valence-corrected chi connectivity index (χ3v) is 6.94. The smallest absolute Gasteiger partial charge is 0.253 e. The lowest BCUT2D eigenvalue weighted by Crippen LogP contribution is -2.39. The predicted molar refractivity (Wildman–Crippen MR) is 153 cm³/mol. The van der Waals surface area contributed by atoms with Gasteiger partial charge in [-0.25, -0.2) is 0 Å². The summed E-state index contributed by atoms with van der Waals surface area (Å²) in [4.78, 5) is 13.1. The highest BCUT2D eigenvalue weighted by Crippen LogP contribution is 2.28. The zero-order valence-electron chi connectivity index (χ0n) is 21.9. The molecule has 0 saturated heterocycles. The lowest BCUT2D eigenvalue weighted by Gasteiger charge is -2.18. The van der Waals surface area contributed by atoms with Gasteiger partial charge in [-0.15, -0.1) is 0 Å². The fourth-order valence-electron chi connectivity index (χ4n) is 4.25. The number of nitrogen functional groups attached to an aromatic ring is 1. The van der Waals surface area contributed by atoms with Gasteiger partial charge in [0.05, 0.1) is 41.4 Å². The van der Waals surface area contributed by atoms with Gasteiger partial charge in [0, 0.05) is 17.3 Å². The second-order valence-corrected chi connectivity index (χ2v) is 9.96. The number of halogens is 1. The first-order valence-corrected chi connectivity index (χ1v) is 13.0. The Labute approximate surface area is 233 Å². The number of carbonyl (C=O) groups excluding carboxylic acids is 1. The van der Waals surface area contributed by atoms with E-state index in [1.165, 1.54) is 11.1 Å². The van der Waals surface area contributed by atoms with E-state index in [9.17, 15) is 9.90 Å². The SMILES string of the molecule is Cc1ccc(C(C)NCc2ccc(-c3ccc(Cl)c(C(=O)NC(CO)Cc4ccc(C#N)cc4N)c3)o2)cc1. The van der Waals surface area contributed by atoms with Gasteiger partial charge in [0.15, 0.2) is 0 Å². The quantitative estimate of drug-likeness (QED) is 0.195. The summed E-state index contributed by atoms with van der Waals surface area (Å²) in [5, 5.41) is 25.5. The van der Waals surface area contributed by atoms with Crippen LogP contribution in [0.5, 0.6) is 0 Å². The maximum absolute atomic E-state index is 13.1. The number of aryl methyl sites for hydroxylation is 1. The number of nitrogens with two attached hydrogens (primary N) is 1. The number of hydrogen-bond donors (Lipinski definition) is 4. The fourth-order valence-corrected chi connectivity index (χ4v) is 4.45. The molecule has 4 rings (SSSR count). The van der Waals surface area contributed by atoms with Crippen LogP contribution in [-0.2, 0) is 13.0 Å². The molecule has 200 valence electrons. The van der Waals surface area contributed by atoms with E-state index in [-0.39, 0.29) is 23.2 Å². The molecule has 0 spiro atoms. The molecule has 0 radical (unpaired) electrons. The molecule has 3 aromatic carbocycles. The van der Waals surface area contributed by atoms with E-state index in [1.807, 2.05) is 18.2 Å². The van der Waals surface area contributed by atoms with Crippen LogP contribution in [0.2, 0.25) is 5.02 Å². The first-order valence-electron chi connectivity index (χ1n) is 12.7. The molecule has 4 aromatic rings. The highest BCUT2D eigenvalue weighted by molar-refractivity contribution is 6.34. The number of rotatable bonds is 10. The Bertz CT molecular complexity index is 1490. The van der Waals surface area contributed by atoms with Crippen LogP contribution in [0.4, 0.5) is 5.69 Å². The van der Waals surface area contributed by atoms with Gasteiger partial charge in [0.25, 0.3) is 5.91 Å². The minimum Gasteiger partial charge on any atom is -0.460 e. The molecule has 2 unspecified atom stereocenters. The van der Waals surface area contributed by atoms with Crippen LogP contribution in [0.25, 0.3) is 11.3 Å². The molecule has 1 heterocycles. The Morgan fingerprint density at radius 1 is 1.10 bits per heavy atom. The standard InChI is InChI=1S/C31H31ClN4O3/c1-19-3-6-22(7-4-19)20(2)35-17-26-10-12-30(39-26)24-9-11-28(32)27(15-24)31(38)36-25(18-37)14-23-8-5-21(16-33)13-29(23)34/h3-13,15,20,25,35,37H,14,17-18,34H2,1-2H3,(H,36,38). The summed E-state index contributed by atoms with van der Waals surface area (Å²) in [5.74, 6) is 0.961. The normalized spacial score (nSPS) is 12.5. The van der Waals surface area contributed by atoms with E-state index in [4.69, 9.17) is 27.0 Å². The Morgan fingerprint density at radius 3 is 2.56 bits per heavy atom. The van der Waals surface area contributed by atoms with Crippen molar-refractivity contribution < 1.29 is 14.3 Å². The molecule has 5 N–H and O–H groups in total. The second kappa shape index (κ2) is 12.6. The summed E-state index contributed by atoms with van der Waals surface area (Å²) in [6, 6.07) is 23.9. The molecule has 0 saturated carbocycles. The van der Waals surface area contributed by atoms with Gasteiger partial charge in [0.2, 0.25) is 0 Å². The topological polar surface area (TPSA) is 124 Å². The van der Waals surface area contributed by atoms with E-state index < -0.39 is 11.9 Å². The van der Waals surface area contributed by atoms with Crippen LogP contribution >= 0.6 is 11.6 Å². The average Bonchev–Trinajstić information content (AvgIpc) is 3.42. The highest BCUT2D eigenvalue weighted by Gasteiger charge is 2.19. The average molecular weight is 543 g/mol. The molecule has 0 fully saturated rings. The van der Waals surface area contributed by atoms with Crippen molar-refractivity contribution >= 4 is 23.2 Å². The van der Waals surface area contributed by atoms with E-state index >= 15 is 0 Å². The number of anilines is 1. The Hall–Kier alpha value is -4.09. The first kappa shape index (κ1) is 27.9. The second-order valence-electron chi connectivity index (χ2n) is 9.56. The van der Waals surface area contributed by atoms with Crippen molar-refractivity contribution in [2.75, 3.05) is 12.3 Å². The summed E-state index contributed by atoms with van der Waals surface area (Å²) in [7, 11) is 0. The molecule has 0 aliphatic heterocycles. The molecule has 8 heteroatoms. The van der Waals surface area contributed by atoms with Crippen molar-refractivity contribution in [3.05, 3.63) is 111 Å². The summed E-state index contributed by atoms with van der Waals surface area (Å²) in [6.45, 7) is 4.43. The van der Waals surface area contributed by atoms with Crippen LogP contribution in [0.1, 0.15) is 51.3 Å². The minimum absolute atomic E-state index is 0.157. The van der Waals surface area contributed by atoms with Crippen molar-refractivity contribution in [3.63, 3.8) is 0 Å². The molecule has 1 amide bonds. The van der Waals surface area contributed by atoms with E-state index in [2.05, 4.69) is 48.7 Å². The van der Waals surface area contributed by atoms with Crippen molar-refractivity contribution in [1.82, 2.24) is 10.6 Å². The molecule has 0 bridgehead atoms. The number of benzene rings is 3. The molecular formula is C31H31ClN4O3. The lowest BCUT2D eigenvalue weighted by molar-refractivity contribution is 0.0916. The molecule has 0 aliphatic rings. The summed E-state index contributed by atoms with van der Waals surface area (Å²) in [5.41, 5.74) is 11.0. The number of nitrogens with zero attached hydrogens (tertiary/aromatic N) is 1. The number of amides is 1. The molecular weight excluding hydrogens is 512 g/mol. The molecule has 1 aromatic heterocycles. The summed E-state index contributed by atoms with van der Waals surface area (Å²) in [6.07, 6.45) is 0.298. The van der Waals surface area contributed by atoms with Crippen molar-refractivity contribution in [2.45, 2.75) is 38.9 Å². The van der Waals surface area contributed by atoms with Gasteiger partial charge in [-0.3, -0.25) is 4.79 Å². The fraction of sp³-hybridized carbons (Fsp3) is 0.226. The first-order chi connectivity index (χ1) is 18.8. The zero-order chi connectivity index (χ0) is 27.9. The van der Waals surface area contributed by atoms with E-state index in [1.54, 1.807) is 36.4 Å². The van der Waals surface area contributed by atoms with Crippen molar-refractivity contribution in [2.24, 2.45) is 0 Å². The van der Waals surface area contributed by atoms with E-state index in [0.29, 0.717) is 35.5 Å². The monoisotopic (exact) mass is 542 g/mol. The maximum atomic E-state index is 13.1. The molecule has 0 aliphatic carbocycles. The summed E-state index contributed by atoms with van der Waals surface area (Å²) < 4.78 is 6.05. The number of carbonyl (C=O) groups is 1. The third-order valence-electron chi connectivity index (χ3n) is 6.61. The van der Waals surface area contributed by atoms with Crippen LogP contribution in [0.3, 0.4) is 0 Å². The Morgan fingerprint density at radius 2 is 1.87 bits per heavy atom. The van der Waals surface area contributed by atoms with Crippen LogP contribution in [-0.4, -0.2) is 23.7 Å². The summed E-state index contributed by atoms with van der Waals surface area (Å²) >= 11 is 6.37. The minimum atomic E-state index is -0.593. The molecule has 7 nitrogen and oxygen atoms in total. The number of furan rings is 1. The number of aliphatic hydroxyl groups excluding tert-OH is 1. The Balaban J connectivity index is 1.42. The van der Waals surface area contributed by atoms with Gasteiger partial charge < -0.3 is 25.9 Å². The van der Waals surface area contributed by atoms with E-state index in [0.717, 1.165) is 11.3 Å². The number of hydrogen-bond acceptors (Lipinski definition) is 6. The third kappa shape index (κ3) is 7.06. The van der Waals surface area contributed by atoms with Crippen LogP contribution < -0.4 is 16.4 Å². The maximum Gasteiger partial charge on any atom is 0.253 e. The Kier molecular flexibility index (Phi) is 9.05. The predicted octanol–water partition coefficient (Wildman–Crippen LogP) is 5.55. The number of nitrogens with one attached hydrogen (secondary N) is 2. The van der Waals surface area contributed by atoms with Gasteiger partial charge in [-0.2, -0.15) is 5.26 Å². The largest absolute Gasteiger partial charge is 0.460 e.